The molecule has 1 amide bonds. The van der Waals surface area contributed by atoms with Crippen molar-refractivity contribution in [1.82, 2.24) is 9.97 Å². The van der Waals surface area contributed by atoms with Crippen LogP contribution in [0.25, 0.3) is 10.9 Å². The predicted octanol–water partition coefficient (Wildman–Crippen LogP) is 2.45. The molecule has 0 spiro atoms. The van der Waals surface area contributed by atoms with Crippen molar-refractivity contribution in [3.05, 3.63) is 52.9 Å². The van der Waals surface area contributed by atoms with E-state index in [2.05, 4.69) is 9.97 Å². The van der Waals surface area contributed by atoms with Crippen LogP contribution in [-0.4, -0.2) is 31.3 Å². The number of nitrogens with two attached hydrogens (primary N) is 1. The third-order valence-corrected chi connectivity index (χ3v) is 6.17. The van der Waals surface area contributed by atoms with Gasteiger partial charge in [0.1, 0.15) is 15.7 Å². The van der Waals surface area contributed by atoms with E-state index in [9.17, 15) is 13.2 Å². The normalized spacial score (nSPS) is 11.6. The summed E-state index contributed by atoms with van der Waals surface area (Å²) >= 11 is 5.94. The molecule has 2 heterocycles. The second-order valence-corrected chi connectivity index (χ2v) is 7.80. The zero-order valence-electron chi connectivity index (χ0n) is 13.4. The van der Waals surface area contributed by atoms with Crippen LogP contribution in [0.5, 0.6) is 0 Å². The first kappa shape index (κ1) is 17.2. The number of primary amides is 1. The lowest BCUT2D eigenvalue weighted by atomic mass is 10.1. The quantitative estimate of drug-likeness (QED) is 0.679. The van der Waals surface area contributed by atoms with Gasteiger partial charge in [0, 0.05) is 18.6 Å². The monoisotopic (exact) mass is 378 g/mol. The number of pyridine rings is 1. The highest BCUT2D eigenvalue weighted by Crippen LogP contribution is 2.33. The van der Waals surface area contributed by atoms with Crippen molar-refractivity contribution in [1.29, 1.82) is 0 Å². The Morgan fingerprint density at radius 2 is 2.04 bits per heavy atom. The lowest BCUT2D eigenvalue weighted by molar-refractivity contribution is 0.0996. The van der Waals surface area contributed by atoms with E-state index < -0.39 is 15.9 Å². The maximum absolute atomic E-state index is 12.9. The van der Waals surface area contributed by atoms with E-state index in [0.29, 0.717) is 16.6 Å². The molecule has 0 radical (unpaired) electrons. The van der Waals surface area contributed by atoms with Gasteiger partial charge in [-0.2, -0.15) is 0 Å². The highest BCUT2D eigenvalue weighted by atomic mass is 35.5. The van der Waals surface area contributed by atoms with Crippen molar-refractivity contribution in [3.8, 4) is 0 Å². The largest absolute Gasteiger partial charge is 0.364 e. The molecule has 0 atom stereocenters. The number of halogens is 1. The van der Waals surface area contributed by atoms with Crippen LogP contribution in [-0.2, 0) is 10.0 Å². The summed E-state index contributed by atoms with van der Waals surface area (Å²) in [7, 11) is -2.53. The molecule has 25 heavy (non-hydrogen) atoms. The second kappa shape index (κ2) is 6.05. The number of aryl methyl sites for hydroxylation is 1. The zero-order chi connectivity index (χ0) is 18.4. The number of aromatic amines is 1. The summed E-state index contributed by atoms with van der Waals surface area (Å²) in [6.45, 7) is 1.86. The summed E-state index contributed by atoms with van der Waals surface area (Å²) < 4.78 is 26.9. The van der Waals surface area contributed by atoms with Crippen LogP contribution >= 0.6 is 11.6 Å². The summed E-state index contributed by atoms with van der Waals surface area (Å²) in [6, 6.07) is 7.91. The Hall–Kier alpha value is -2.58. The lowest BCUT2D eigenvalue weighted by Gasteiger charge is -2.21. The SMILES string of the molecule is Cc1ccc(N(C)S(=O)(=O)c2cccnc2Cl)c2[nH]c(C(N)=O)cc12. The van der Waals surface area contributed by atoms with E-state index in [1.54, 1.807) is 18.2 Å². The second-order valence-electron chi connectivity index (χ2n) is 5.50. The molecule has 0 saturated heterocycles. The number of amides is 1. The van der Waals surface area contributed by atoms with Gasteiger partial charge in [-0.25, -0.2) is 13.4 Å². The van der Waals surface area contributed by atoms with Crippen molar-refractivity contribution < 1.29 is 13.2 Å². The van der Waals surface area contributed by atoms with Gasteiger partial charge >= 0.3 is 0 Å². The molecule has 1 aromatic carbocycles. The maximum atomic E-state index is 12.9. The molecule has 3 rings (SSSR count). The van der Waals surface area contributed by atoms with E-state index >= 15 is 0 Å². The summed E-state index contributed by atoms with van der Waals surface area (Å²) in [6.07, 6.45) is 1.41. The van der Waals surface area contributed by atoms with Gasteiger partial charge in [-0.15, -0.1) is 0 Å². The highest BCUT2D eigenvalue weighted by Gasteiger charge is 2.26. The van der Waals surface area contributed by atoms with Crippen LogP contribution in [0.15, 0.2) is 41.4 Å². The zero-order valence-corrected chi connectivity index (χ0v) is 15.0. The third-order valence-electron chi connectivity index (χ3n) is 3.96. The predicted molar refractivity (Wildman–Crippen MR) is 96.4 cm³/mol. The number of nitrogens with one attached hydrogen (secondary N) is 1. The van der Waals surface area contributed by atoms with Crippen LogP contribution < -0.4 is 10.0 Å². The molecule has 3 aromatic rings. The summed E-state index contributed by atoms with van der Waals surface area (Å²) in [5.74, 6) is -0.623. The first-order valence-corrected chi connectivity index (χ1v) is 9.07. The number of anilines is 1. The molecule has 0 bridgehead atoms. The molecular weight excluding hydrogens is 364 g/mol. The van der Waals surface area contributed by atoms with Gasteiger partial charge in [0.2, 0.25) is 0 Å². The number of sulfonamides is 1. The van der Waals surface area contributed by atoms with Gasteiger partial charge in [-0.1, -0.05) is 17.7 Å². The molecule has 130 valence electrons. The average molecular weight is 379 g/mol. The average Bonchev–Trinajstić information content (AvgIpc) is 3.01. The van der Waals surface area contributed by atoms with Crippen molar-refractivity contribution in [2.24, 2.45) is 5.73 Å². The molecule has 0 saturated carbocycles. The number of nitrogens with zero attached hydrogens (tertiary/aromatic N) is 2. The third kappa shape index (κ3) is 2.83. The van der Waals surface area contributed by atoms with Gasteiger partial charge in [0.25, 0.3) is 15.9 Å². The Kier molecular flexibility index (Phi) is 4.18. The molecular formula is C16H15ClN4O3S. The molecule has 0 aliphatic rings. The molecule has 0 aliphatic heterocycles. The first-order chi connectivity index (χ1) is 11.7. The first-order valence-electron chi connectivity index (χ1n) is 7.25. The minimum atomic E-state index is -3.94. The number of H-pyrrole nitrogens is 1. The van der Waals surface area contributed by atoms with Crippen LogP contribution in [0.2, 0.25) is 5.15 Å². The smallest absolute Gasteiger partial charge is 0.267 e. The molecule has 9 heteroatoms. The van der Waals surface area contributed by atoms with E-state index in [1.165, 1.54) is 25.4 Å². The van der Waals surface area contributed by atoms with E-state index in [-0.39, 0.29) is 15.7 Å². The molecule has 7 nitrogen and oxygen atoms in total. The summed E-state index contributed by atoms with van der Waals surface area (Å²) in [5.41, 5.74) is 7.28. The van der Waals surface area contributed by atoms with Crippen molar-refractivity contribution in [2.45, 2.75) is 11.8 Å². The summed E-state index contributed by atoms with van der Waals surface area (Å²) in [5, 5.41) is 0.604. The highest BCUT2D eigenvalue weighted by molar-refractivity contribution is 7.93. The number of hydrogen-bond acceptors (Lipinski definition) is 4. The van der Waals surface area contributed by atoms with E-state index in [4.69, 9.17) is 17.3 Å². The van der Waals surface area contributed by atoms with Crippen LogP contribution in [0.1, 0.15) is 16.1 Å². The number of carbonyl (C=O) groups is 1. The standard InChI is InChI=1S/C16H15ClN4O3S/c1-9-5-6-12(14-10(9)8-11(20-14)16(18)22)21(2)25(23,24)13-4-3-7-19-15(13)17/h3-8,20H,1-2H3,(H2,18,22). The molecule has 0 unspecified atom stereocenters. The number of carbonyl (C=O) groups excluding carboxylic acids is 1. The molecule has 3 N–H and O–H groups in total. The number of rotatable bonds is 4. The lowest BCUT2D eigenvalue weighted by Crippen LogP contribution is -2.27. The van der Waals surface area contributed by atoms with Crippen molar-refractivity contribution in [3.63, 3.8) is 0 Å². The van der Waals surface area contributed by atoms with E-state index in [1.807, 2.05) is 6.92 Å². The van der Waals surface area contributed by atoms with Crippen LogP contribution in [0.4, 0.5) is 5.69 Å². The maximum Gasteiger partial charge on any atom is 0.267 e. The van der Waals surface area contributed by atoms with Gasteiger partial charge in [0.15, 0.2) is 0 Å². The fourth-order valence-electron chi connectivity index (χ4n) is 2.58. The van der Waals surface area contributed by atoms with E-state index in [0.717, 1.165) is 9.87 Å². The molecule has 0 fully saturated rings. The van der Waals surface area contributed by atoms with Gasteiger partial charge in [0.05, 0.1) is 11.2 Å². The Bertz CT molecular complexity index is 1090. The number of hydrogen-bond donors (Lipinski definition) is 2. The Labute approximate surface area is 149 Å². The number of benzene rings is 1. The van der Waals surface area contributed by atoms with Crippen molar-refractivity contribution in [2.75, 3.05) is 11.4 Å². The number of aromatic nitrogens is 2. The minimum absolute atomic E-state index is 0.102. The Balaban J connectivity index is 2.21. The van der Waals surface area contributed by atoms with Crippen LogP contribution in [0, 0.1) is 6.92 Å². The van der Waals surface area contributed by atoms with Gasteiger partial charge in [-0.3, -0.25) is 9.10 Å². The summed E-state index contributed by atoms with van der Waals surface area (Å²) in [4.78, 5) is 18.1. The Morgan fingerprint density at radius 3 is 2.68 bits per heavy atom. The molecule has 0 aliphatic carbocycles. The fourth-order valence-corrected chi connectivity index (χ4v) is 4.21. The van der Waals surface area contributed by atoms with Crippen molar-refractivity contribution >= 4 is 44.1 Å². The fraction of sp³-hybridized carbons (Fsp3) is 0.125. The van der Waals surface area contributed by atoms with Gasteiger partial charge in [-0.05, 0) is 36.8 Å². The topological polar surface area (TPSA) is 109 Å². The molecule has 2 aromatic heterocycles. The minimum Gasteiger partial charge on any atom is -0.364 e. The Morgan fingerprint density at radius 1 is 1.32 bits per heavy atom. The number of fused-ring (bicyclic) bond motifs is 1. The van der Waals surface area contributed by atoms with Gasteiger partial charge < -0.3 is 10.7 Å². The van der Waals surface area contributed by atoms with Crippen LogP contribution in [0.3, 0.4) is 0 Å².